The van der Waals surface area contributed by atoms with Gasteiger partial charge in [0.2, 0.25) is 0 Å². The molecule has 1 aromatic heterocycles. The molecule has 1 aliphatic carbocycles. The van der Waals surface area contributed by atoms with Gasteiger partial charge >= 0.3 is 0 Å². The number of nitrogens with zero attached hydrogens (tertiary/aromatic N) is 1. The Hall–Kier alpha value is -2.09. The summed E-state index contributed by atoms with van der Waals surface area (Å²) in [5.41, 5.74) is 6.15. The maximum atomic E-state index is 11.7. The maximum absolute atomic E-state index is 11.7. The fourth-order valence-corrected chi connectivity index (χ4v) is 2.32. The highest BCUT2D eigenvalue weighted by Gasteiger charge is 2.21. The molecule has 5 heteroatoms. The Bertz CT molecular complexity index is 566. The highest BCUT2D eigenvalue weighted by atomic mass is 16.2. The third kappa shape index (κ3) is 1.94. The van der Waals surface area contributed by atoms with Gasteiger partial charge in [-0.2, -0.15) is 5.26 Å². The summed E-state index contributed by atoms with van der Waals surface area (Å²) in [7, 11) is 0. The standard InChI is InChI=1S/C12H13N3O2/c13-6-8-7-4-2-1-3-5-9(7)15-12(17)10(8)11(14)16/h1-5H2,(H2,14,16)(H,15,17). The van der Waals surface area contributed by atoms with Crippen LogP contribution >= 0.6 is 0 Å². The summed E-state index contributed by atoms with van der Waals surface area (Å²) in [5.74, 6) is -0.838. The number of hydrogen-bond acceptors (Lipinski definition) is 3. The Kier molecular flexibility index (Phi) is 2.96. The number of aromatic amines is 1. The topological polar surface area (TPSA) is 99.7 Å². The van der Waals surface area contributed by atoms with Crippen molar-refractivity contribution < 1.29 is 4.79 Å². The molecule has 0 aromatic carbocycles. The highest BCUT2D eigenvalue weighted by Crippen LogP contribution is 2.22. The van der Waals surface area contributed by atoms with Gasteiger partial charge in [-0.1, -0.05) is 6.42 Å². The number of aromatic nitrogens is 1. The fraction of sp³-hybridized carbons (Fsp3) is 0.417. The zero-order chi connectivity index (χ0) is 12.4. The lowest BCUT2D eigenvalue weighted by molar-refractivity contribution is 0.0998. The maximum Gasteiger partial charge on any atom is 0.262 e. The first-order chi connectivity index (χ1) is 8.15. The van der Waals surface area contributed by atoms with Gasteiger partial charge in [0.1, 0.15) is 11.6 Å². The lowest BCUT2D eigenvalue weighted by Crippen LogP contribution is -2.27. The van der Waals surface area contributed by atoms with Crippen molar-refractivity contribution in [2.45, 2.75) is 32.1 Å². The number of fused-ring (bicyclic) bond motifs is 1. The van der Waals surface area contributed by atoms with Crippen LogP contribution in [-0.2, 0) is 12.8 Å². The van der Waals surface area contributed by atoms with E-state index in [0.29, 0.717) is 0 Å². The van der Waals surface area contributed by atoms with Gasteiger partial charge < -0.3 is 10.7 Å². The van der Waals surface area contributed by atoms with E-state index < -0.39 is 11.5 Å². The van der Waals surface area contributed by atoms with Crippen LogP contribution < -0.4 is 11.3 Å². The molecule has 17 heavy (non-hydrogen) atoms. The summed E-state index contributed by atoms with van der Waals surface area (Å²) in [4.78, 5) is 25.6. The average Bonchev–Trinajstić information content (AvgIpc) is 2.51. The first-order valence-electron chi connectivity index (χ1n) is 5.63. The van der Waals surface area contributed by atoms with Gasteiger partial charge in [0.05, 0.1) is 5.56 Å². The number of carbonyl (C=O) groups is 1. The summed E-state index contributed by atoms with van der Waals surface area (Å²) >= 11 is 0. The highest BCUT2D eigenvalue weighted by molar-refractivity contribution is 5.95. The molecule has 3 N–H and O–H groups in total. The van der Waals surface area contributed by atoms with Crippen molar-refractivity contribution in [1.82, 2.24) is 4.98 Å². The number of aryl methyl sites for hydroxylation is 1. The summed E-state index contributed by atoms with van der Waals surface area (Å²) in [5, 5.41) is 9.13. The van der Waals surface area contributed by atoms with E-state index >= 15 is 0 Å². The van der Waals surface area contributed by atoms with Gasteiger partial charge in [0.15, 0.2) is 0 Å². The van der Waals surface area contributed by atoms with Crippen LogP contribution in [0.5, 0.6) is 0 Å². The van der Waals surface area contributed by atoms with E-state index in [1.54, 1.807) is 0 Å². The number of carbonyl (C=O) groups excluding carboxylic acids is 1. The zero-order valence-electron chi connectivity index (χ0n) is 9.38. The second-order valence-electron chi connectivity index (χ2n) is 4.20. The molecule has 0 saturated heterocycles. The summed E-state index contributed by atoms with van der Waals surface area (Å²) in [6.07, 6.45) is 4.48. The minimum Gasteiger partial charge on any atom is -0.365 e. The van der Waals surface area contributed by atoms with E-state index in [9.17, 15) is 9.59 Å². The van der Waals surface area contributed by atoms with Crippen molar-refractivity contribution in [2.75, 3.05) is 0 Å². The first-order valence-corrected chi connectivity index (χ1v) is 5.63. The molecule has 5 nitrogen and oxygen atoms in total. The minimum atomic E-state index is -0.838. The van der Waals surface area contributed by atoms with E-state index in [-0.39, 0.29) is 11.1 Å². The molecular formula is C12H13N3O2. The molecule has 2 rings (SSSR count). The van der Waals surface area contributed by atoms with Crippen molar-refractivity contribution in [3.05, 3.63) is 32.7 Å². The van der Waals surface area contributed by atoms with Crippen LogP contribution in [-0.4, -0.2) is 10.9 Å². The first kappa shape index (κ1) is 11.4. The zero-order valence-corrected chi connectivity index (χ0v) is 9.38. The molecule has 0 unspecified atom stereocenters. The second kappa shape index (κ2) is 4.42. The van der Waals surface area contributed by atoms with Crippen molar-refractivity contribution in [3.8, 4) is 6.07 Å². The number of nitriles is 1. The normalized spacial score (nSPS) is 14.5. The molecule has 0 spiro atoms. The van der Waals surface area contributed by atoms with Gasteiger partial charge in [0.25, 0.3) is 11.5 Å². The van der Waals surface area contributed by atoms with Crippen molar-refractivity contribution in [2.24, 2.45) is 5.73 Å². The summed E-state index contributed by atoms with van der Waals surface area (Å²) in [6.45, 7) is 0. The molecule has 0 radical (unpaired) electrons. The molecule has 0 fully saturated rings. The number of primary amides is 1. The largest absolute Gasteiger partial charge is 0.365 e. The van der Waals surface area contributed by atoms with Gasteiger partial charge in [-0.15, -0.1) is 0 Å². The van der Waals surface area contributed by atoms with Gasteiger partial charge in [0, 0.05) is 5.69 Å². The monoisotopic (exact) mass is 231 g/mol. The van der Waals surface area contributed by atoms with Crippen molar-refractivity contribution in [1.29, 1.82) is 5.26 Å². The Morgan fingerprint density at radius 1 is 1.29 bits per heavy atom. The Balaban J connectivity index is 2.74. The smallest absolute Gasteiger partial charge is 0.262 e. The van der Waals surface area contributed by atoms with Crippen LogP contribution in [0.2, 0.25) is 0 Å². The van der Waals surface area contributed by atoms with E-state index in [1.807, 2.05) is 6.07 Å². The van der Waals surface area contributed by atoms with Gasteiger partial charge in [-0.25, -0.2) is 0 Å². The minimum absolute atomic E-state index is 0.165. The molecular weight excluding hydrogens is 218 g/mol. The van der Waals surface area contributed by atoms with Gasteiger partial charge in [-0.05, 0) is 31.2 Å². The van der Waals surface area contributed by atoms with Crippen LogP contribution in [0, 0.1) is 11.3 Å². The summed E-state index contributed by atoms with van der Waals surface area (Å²) in [6, 6.07) is 1.95. The van der Waals surface area contributed by atoms with Crippen LogP contribution in [0.15, 0.2) is 4.79 Å². The molecule has 1 amide bonds. The molecule has 1 aromatic rings. The Morgan fingerprint density at radius 2 is 2.00 bits per heavy atom. The number of hydrogen-bond donors (Lipinski definition) is 2. The average molecular weight is 231 g/mol. The Labute approximate surface area is 98.3 Å². The number of nitrogens with one attached hydrogen (secondary N) is 1. The molecule has 0 atom stereocenters. The molecule has 0 aliphatic heterocycles. The Morgan fingerprint density at radius 3 is 2.65 bits per heavy atom. The van der Waals surface area contributed by atoms with Crippen molar-refractivity contribution >= 4 is 5.91 Å². The third-order valence-electron chi connectivity index (χ3n) is 3.12. The predicted octanol–water partition coefficient (Wildman–Crippen LogP) is 0.614. The number of nitrogens with two attached hydrogens (primary N) is 1. The SMILES string of the molecule is N#Cc1c2c([nH]c(=O)c1C(N)=O)CCCCC2. The summed E-state index contributed by atoms with van der Waals surface area (Å²) < 4.78 is 0. The van der Waals surface area contributed by atoms with Crippen LogP contribution in [0.1, 0.15) is 46.4 Å². The number of rotatable bonds is 1. The van der Waals surface area contributed by atoms with Crippen LogP contribution in [0.3, 0.4) is 0 Å². The molecule has 0 bridgehead atoms. The second-order valence-corrected chi connectivity index (χ2v) is 4.20. The van der Waals surface area contributed by atoms with Gasteiger partial charge in [-0.3, -0.25) is 9.59 Å². The molecule has 0 saturated carbocycles. The molecule has 1 heterocycles. The third-order valence-corrected chi connectivity index (χ3v) is 3.12. The van der Waals surface area contributed by atoms with E-state index in [2.05, 4.69) is 4.98 Å². The lowest BCUT2D eigenvalue weighted by atomic mass is 9.98. The van der Waals surface area contributed by atoms with E-state index in [1.165, 1.54) is 0 Å². The predicted molar refractivity (Wildman–Crippen MR) is 61.6 cm³/mol. The number of pyridine rings is 1. The molecule has 88 valence electrons. The van der Waals surface area contributed by atoms with Crippen LogP contribution in [0.4, 0.5) is 0 Å². The van der Waals surface area contributed by atoms with Crippen molar-refractivity contribution in [3.63, 3.8) is 0 Å². The van der Waals surface area contributed by atoms with Crippen LogP contribution in [0.25, 0.3) is 0 Å². The number of H-pyrrole nitrogens is 1. The molecule has 1 aliphatic rings. The van der Waals surface area contributed by atoms with E-state index in [4.69, 9.17) is 11.0 Å². The number of amides is 1. The quantitative estimate of drug-likeness (QED) is 0.692. The lowest BCUT2D eigenvalue weighted by Gasteiger charge is -2.09. The van der Waals surface area contributed by atoms with E-state index in [0.717, 1.165) is 43.4 Å². The fourth-order valence-electron chi connectivity index (χ4n) is 2.32.